The molecule has 1 amide bonds. The van der Waals surface area contributed by atoms with Gasteiger partial charge >= 0.3 is 0 Å². The molecule has 8 rings (SSSR count). The van der Waals surface area contributed by atoms with Crippen molar-refractivity contribution in [2.45, 2.75) is 29.8 Å². The number of para-hydroxylation sites is 3. The van der Waals surface area contributed by atoms with Crippen LogP contribution in [0.4, 0.5) is 0 Å². The van der Waals surface area contributed by atoms with Gasteiger partial charge in [-0.15, -0.1) is 0 Å². The van der Waals surface area contributed by atoms with Gasteiger partial charge in [0.1, 0.15) is 17.4 Å². The van der Waals surface area contributed by atoms with Crippen LogP contribution in [0.5, 0.6) is 28.7 Å². The topological polar surface area (TPSA) is 176 Å². The molecular formula is C45H40N6O8. The number of benzene rings is 3. The summed E-state index contributed by atoms with van der Waals surface area (Å²) in [7, 11) is 6.00. The number of phenolic OH excluding ortho intramolecular Hbond substituents is 1. The summed E-state index contributed by atoms with van der Waals surface area (Å²) in [5.41, 5.74) is 0.0791. The van der Waals surface area contributed by atoms with E-state index >= 15 is 14.4 Å². The van der Waals surface area contributed by atoms with Crippen LogP contribution in [0.1, 0.15) is 67.7 Å². The highest BCUT2D eigenvalue weighted by atomic mass is 16.5. The molecule has 0 unspecified atom stereocenters. The molecule has 0 aliphatic carbocycles. The van der Waals surface area contributed by atoms with E-state index in [4.69, 9.17) is 28.9 Å². The van der Waals surface area contributed by atoms with Gasteiger partial charge in [-0.25, -0.2) is 4.98 Å². The highest BCUT2D eigenvalue weighted by Gasteiger charge is 2.70. The molecule has 298 valence electrons. The Morgan fingerprint density at radius 1 is 0.695 bits per heavy atom. The number of rotatable bonds is 12. The Morgan fingerprint density at radius 3 is 1.97 bits per heavy atom. The molecule has 14 nitrogen and oxygen atoms in total. The van der Waals surface area contributed by atoms with E-state index in [1.165, 1.54) is 71.6 Å². The van der Waals surface area contributed by atoms with Gasteiger partial charge in [0.25, 0.3) is 0 Å². The third-order valence-electron chi connectivity index (χ3n) is 11.5. The van der Waals surface area contributed by atoms with E-state index in [-0.39, 0.29) is 23.4 Å². The number of piperidine rings is 1. The van der Waals surface area contributed by atoms with Crippen molar-refractivity contribution in [3.8, 4) is 28.7 Å². The van der Waals surface area contributed by atoms with Gasteiger partial charge in [0.05, 0.1) is 75.3 Å². The number of phenols is 1. The average molecular weight is 793 g/mol. The minimum atomic E-state index is -1.66. The van der Waals surface area contributed by atoms with E-state index < -0.39 is 52.7 Å². The molecule has 59 heavy (non-hydrogen) atoms. The summed E-state index contributed by atoms with van der Waals surface area (Å²) < 4.78 is 23.6. The Morgan fingerprint density at radius 2 is 1.36 bits per heavy atom. The average Bonchev–Trinajstić information content (AvgIpc) is 3.61. The number of hydrogen-bond donors (Lipinski definition) is 1. The van der Waals surface area contributed by atoms with Gasteiger partial charge in [0.15, 0.2) is 34.6 Å². The molecule has 3 aromatic heterocycles. The van der Waals surface area contributed by atoms with E-state index in [2.05, 4.69) is 15.0 Å². The van der Waals surface area contributed by atoms with E-state index in [1.807, 2.05) is 6.07 Å². The number of pyridine rings is 1. The Balaban J connectivity index is 1.52. The number of carbonyl (C=O) groups is 3. The first-order chi connectivity index (χ1) is 28.8. The minimum Gasteiger partial charge on any atom is -0.507 e. The second kappa shape index (κ2) is 16.0. The van der Waals surface area contributed by atoms with Crippen molar-refractivity contribution in [1.82, 2.24) is 29.8 Å². The summed E-state index contributed by atoms with van der Waals surface area (Å²) in [6, 6.07) is 21.0. The fourth-order valence-corrected chi connectivity index (χ4v) is 9.28. The molecule has 2 fully saturated rings. The van der Waals surface area contributed by atoms with Crippen LogP contribution in [0.25, 0.3) is 0 Å². The molecule has 14 heteroatoms. The van der Waals surface area contributed by atoms with Gasteiger partial charge in [0.2, 0.25) is 5.91 Å². The van der Waals surface area contributed by atoms with Crippen molar-refractivity contribution in [2.24, 2.45) is 11.8 Å². The zero-order valence-electron chi connectivity index (χ0n) is 32.6. The van der Waals surface area contributed by atoms with Crippen molar-refractivity contribution >= 4 is 17.5 Å². The number of ether oxygens (including phenoxy) is 4. The van der Waals surface area contributed by atoms with Gasteiger partial charge in [-0.1, -0.05) is 42.5 Å². The summed E-state index contributed by atoms with van der Waals surface area (Å²) in [5.74, 6) is -5.17. The van der Waals surface area contributed by atoms with Crippen LogP contribution < -0.4 is 18.9 Å². The molecule has 0 saturated carbocycles. The molecule has 2 aliphatic heterocycles. The number of carbonyl (C=O) groups excluding carboxylic acids is 3. The summed E-state index contributed by atoms with van der Waals surface area (Å²) in [6.07, 6.45) is 10.4. The van der Waals surface area contributed by atoms with Gasteiger partial charge < -0.3 is 29.0 Å². The Bertz CT molecular complexity index is 2510. The number of nitrogens with zero attached hydrogens (tertiary/aromatic N) is 6. The van der Waals surface area contributed by atoms with Crippen LogP contribution in [0.15, 0.2) is 122 Å². The zero-order chi connectivity index (χ0) is 41.3. The fourth-order valence-electron chi connectivity index (χ4n) is 9.28. The molecule has 2 aliphatic rings. The third kappa shape index (κ3) is 6.27. The summed E-state index contributed by atoms with van der Waals surface area (Å²) >= 11 is 0. The number of amides is 1. The number of hydrogen-bond acceptors (Lipinski definition) is 13. The molecule has 6 atom stereocenters. The van der Waals surface area contributed by atoms with Crippen LogP contribution in [0.3, 0.4) is 0 Å². The molecular weight excluding hydrogens is 753 g/mol. The number of aromatic nitrogens is 5. The second-order valence-corrected chi connectivity index (χ2v) is 14.2. The fraction of sp³-hybridized carbons (Fsp3) is 0.244. The van der Waals surface area contributed by atoms with Gasteiger partial charge in [-0.3, -0.25) is 34.3 Å². The molecule has 0 spiro atoms. The van der Waals surface area contributed by atoms with Gasteiger partial charge in [0, 0.05) is 53.9 Å². The number of aromatic hydroxyl groups is 1. The summed E-state index contributed by atoms with van der Waals surface area (Å²) in [5, 5.41) is 11.1. The van der Waals surface area contributed by atoms with Crippen LogP contribution >= 0.6 is 0 Å². The lowest BCUT2D eigenvalue weighted by atomic mass is 9.62. The third-order valence-corrected chi connectivity index (χ3v) is 11.5. The van der Waals surface area contributed by atoms with Crippen molar-refractivity contribution in [3.63, 3.8) is 0 Å². The molecule has 6 aromatic rings. The standard InChI is InChI=1S/C45H40N6O8/c1-56-33-16-9-12-26(42(33)58-3)29-23-45(35-25-47-20-22-50-35)38(41(54)31-24-46-19-21-49-31)36(28-13-10-17-34(57-2)43(28)59-4)39(30-14-7-8-18-48-30)51(45)44(55)37(29)40(53)27-11-5-6-15-32(27)52/h5-22,24-25,29,36-39,52H,23H2,1-4H3/t29-,36+,37+,38-,39-,45+/m1/s1. The maximum Gasteiger partial charge on any atom is 0.235 e. The highest BCUT2D eigenvalue weighted by molar-refractivity contribution is 6.13. The van der Waals surface area contributed by atoms with E-state index in [0.717, 1.165) is 0 Å². The zero-order valence-corrected chi connectivity index (χ0v) is 32.6. The maximum atomic E-state index is 16.3. The van der Waals surface area contributed by atoms with Crippen molar-refractivity contribution in [2.75, 3.05) is 28.4 Å². The lowest BCUT2D eigenvalue weighted by Gasteiger charge is -2.51. The lowest BCUT2D eigenvalue weighted by Crippen LogP contribution is -2.60. The first-order valence-corrected chi connectivity index (χ1v) is 18.8. The normalized spacial score (nSPS) is 22.3. The lowest BCUT2D eigenvalue weighted by molar-refractivity contribution is -0.149. The quantitative estimate of drug-likeness (QED) is 0.110. The predicted molar refractivity (Wildman–Crippen MR) is 213 cm³/mol. The Labute approximate surface area is 339 Å². The van der Waals surface area contributed by atoms with Crippen LogP contribution in [0, 0.1) is 11.8 Å². The number of fused-ring (bicyclic) bond motifs is 1. The van der Waals surface area contributed by atoms with Crippen LogP contribution in [0.2, 0.25) is 0 Å². The second-order valence-electron chi connectivity index (χ2n) is 14.2. The summed E-state index contributed by atoms with van der Waals surface area (Å²) in [6.45, 7) is 0. The molecule has 0 bridgehead atoms. The van der Waals surface area contributed by atoms with E-state index in [9.17, 15) is 5.11 Å². The number of methoxy groups -OCH3 is 4. The van der Waals surface area contributed by atoms with Gasteiger partial charge in [-0.05, 0) is 42.8 Å². The summed E-state index contributed by atoms with van der Waals surface area (Å²) in [4.78, 5) is 71.7. The SMILES string of the molecule is COc1cccc([C@@H]2[C@@H](c3ccccn3)N3C(=O)[C@H](C(=O)c4ccccc4O)[C@@H](c4cccc(OC)c4OC)C[C@]3(c3cnccn3)[C@H]2C(=O)c2cnccn2)c1OC. The monoisotopic (exact) mass is 792 g/mol. The first-order valence-electron chi connectivity index (χ1n) is 18.8. The molecule has 2 saturated heterocycles. The molecule has 3 aromatic carbocycles. The largest absolute Gasteiger partial charge is 0.507 e. The molecule has 1 N–H and O–H groups in total. The van der Waals surface area contributed by atoms with E-state index in [1.54, 1.807) is 78.0 Å². The maximum absolute atomic E-state index is 16.3. The van der Waals surface area contributed by atoms with Crippen molar-refractivity contribution in [3.05, 3.63) is 156 Å². The Hall–Kier alpha value is -7.22. The van der Waals surface area contributed by atoms with Crippen LogP contribution in [-0.2, 0) is 10.3 Å². The number of Topliss-reactive ketones (excluding diaryl/α,β-unsaturated/α-hetero) is 2. The number of ketones is 2. The van der Waals surface area contributed by atoms with Crippen molar-refractivity contribution in [1.29, 1.82) is 0 Å². The van der Waals surface area contributed by atoms with E-state index in [0.29, 0.717) is 45.5 Å². The minimum absolute atomic E-state index is 0.0449. The smallest absolute Gasteiger partial charge is 0.235 e. The van der Waals surface area contributed by atoms with Crippen LogP contribution in [-0.4, -0.2) is 80.8 Å². The predicted octanol–water partition coefficient (Wildman–Crippen LogP) is 6.15. The van der Waals surface area contributed by atoms with Gasteiger partial charge in [-0.2, -0.15) is 0 Å². The Kier molecular flexibility index (Phi) is 10.5. The molecule has 0 radical (unpaired) electrons. The van der Waals surface area contributed by atoms with Crippen molar-refractivity contribution < 1.29 is 38.4 Å². The first kappa shape index (κ1) is 38.6. The molecule has 5 heterocycles. The highest BCUT2D eigenvalue weighted by Crippen LogP contribution is 2.67.